The minimum Gasteiger partial charge on any atom is -0.346 e. The summed E-state index contributed by atoms with van der Waals surface area (Å²) in [6.45, 7) is 5.79. The highest BCUT2D eigenvalue weighted by atomic mass is 15.2. The zero-order valence-corrected chi connectivity index (χ0v) is 10.7. The maximum Gasteiger partial charge on any atom is 0.0480 e. The molecule has 1 aliphatic rings. The predicted molar refractivity (Wildman–Crippen MR) is 72.2 cm³/mol. The Bertz CT molecular complexity index is 533. The Hall–Kier alpha value is -1.28. The topological polar surface area (TPSA) is 8.17 Å². The average molecular weight is 228 g/mol. The van der Waals surface area contributed by atoms with Crippen LogP contribution in [0.15, 0.2) is 24.3 Å². The van der Waals surface area contributed by atoms with Crippen LogP contribution in [-0.2, 0) is 13.6 Å². The van der Waals surface area contributed by atoms with Crippen LogP contribution in [0.1, 0.15) is 24.1 Å². The van der Waals surface area contributed by atoms with Gasteiger partial charge in [-0.2, -0.15) is 0 Å². The molecule has 0 atom stereocenters. The normalized spacial score (nSPS) is 17.1. The first-order valence-corrected chi connectivity index (χ1v) is 6.51. The molecule has 0 radical (unpaired) electrons. The molecule has 1 saturated heterocycles. The Morgan fingerprint density at radius 2 is 1.88 bits per heavy atom. The molecule has 0 N–H and O–H groups in total. The minimum atomic E-state index is 1.10. The third-order valence-corrected chi connectivity index (χ3v) is 3.88. The van der Waals surface area contributed by atoms with Crippen LogP contribution in [0, 0.1) is 6.92 Å². The van der Waals surface area contributed by atoms with E-state index in [9.17, 15) is 0 Å². The van der Waals surface area contributed by atoms with Gasteiger partial charge in [0.1, 0.15) is 0 Å². The van der Waals surface area contributed by atoms with E-state index in [1.54, 1.807) is 0 Å². The number of aromatic nitrogens is 1. The monoisotopic (exact) mass is 228 g/mol. The van der Waals surface area contributed by atoms with Crippen molar-refractivity contribution >= 4 is 10.9 Å². The Kier molecular flexibility index (Phi) is 2.67. The van der Waals surface area contributed by atoms with Crippen LogP contribution in [0.25, 0.3) is 10.9 Å². The van der Waals surface area contributed by atoms with Gasteiger partial charge < -0.3 is 4.57 Å². The Morgan fingerprint density at radius 1 is 1.12 bits per heavy atom. The first-order valence-electron chi connectivity index (χ1n) is 6.51. The molecule has 1 fully saturated rings. The molecule has 0 spiro atoms. The Balaban J connectivity index is 1.96. The largest absolute Gasteiger partial charge is 0.346 e. The number of rotatable bonds is 2. The van der Waals surface area contributed by atoms with Gasteiger partial charge in [0, 0.05) is 30.2 Å². The summed E-state index contributed by atoms with van der Waals surface area (Å²) in [5.74, 6) is 0. The van der Waals surface area contributed by atoms with Crippen LogP contribution >= 0.6 is 0 Å². The summed E-state index contributed by atoms with van der Waals surface area (Å²) < 4.78 is 2.34. The van der Waals surface area contributed by atoms with Crippen molar-refractivity contribution in [3.63, 3.8) is 0 Å². The highest BCUT2D eigenvalue weighted by molar-refractivity contribution is 5.82. The molecule has 0 unspecified atom stereocenters. The summed E-state index contributed by atoms with van der Waals surface area (Å²) in [6.07, 6.45) is 2.73. The van der Waals surface area contributed by atoms with Gasteiger partial charge in [-0.15, -0.1) is 0 Å². The molecule has 0 bridgehead atoms. The van der Waals surface area contributed by atoms with Gasteiger partial charge in [-0.25, -0.2) is 0 Å². The molecule has 0 amide bonds. The van der Waals surface area contributed by atoms with Gasteiger partial charge >= 0.3 is 0 Å². The Labute approximate surface area is 103 Å². The van der Waals surface area contributed by atoms with E-state index in [0.29, 0.717) is 0 Å². The van der Waals surface area contributed by atoms with E-state index in [0.717, 1.165) is 6.54 Å². The van der Waals surface area contributed by atoms with E-state index >= 15 is 0 Å². The van der Waals surface area contributed by atoms with E-state index in [1.807, 2.05) is 0 Å². The van der Waals surface area contributed by atoms with Crippen LogP contribution in [0.2, 0.25) is 0 Å². The maximum atomic E-state index is 2.56. The van der Waals surface area contributed by atoms with Crippen LogP contribution < -0.4 is 0 Å². The molecule has 2 nitrogen and oxygen atoms in total. The second-order valence-electron chi connectivity index (χ2n) is 5.24. The van der Waals surface area contributed by atoms with Crippen molar-refractivity contribution in [3.8, 4) is 0 Å². The summed E-state index contributed by atoms with van der Waals surface area (Å²) in [4.78, 5) is 2.56. The fourth-order valence-corrected chi connectivity index (χ4v) is 2.85. The predicted octanol–water partition coefficient (Wildman–Crippen LogP) is 3.08. The molecular weight excluding hydrogens is 208 g/mol. The highest BCUT2D eigenvalue weighted by Crippen LogP contribution is 2.22. The summed E-state index contributed by atoms with van der Waals surface area (Å²) in [6, 6.07) is 9.06. The second kappa shape index (κ2) is 4.19. The van der Waals surface area contributed by atoms with Gasteiger partial charge in [-0.05, 0) is 51.1 Å². The molecule has 2 heterocycles. The lowest BCUT2D eigenvalue weighted by atomic mass is 10.2. The first-order chi connectivity index (χ1) is 8.24. The quantitative estimate of drug-likeness (QED) is 0.767. The lowest BCUT2D eigenvalue weighted by Gasteiger charge is -2.14. The molecule has 0 saturated carbocycles. The summed E-state index contributed by atoms with van der Waals surface area (Å²) in [5.41, 5.74) is 4.13. The molecule has 0 aliphatic carbocycles. The number of hydrogen-bond acceptors (Lipinski definition) is 1. The number of fused-ring (bicyclic) bond motifs is 1. The summed E-state index contributed by atoms with van der Waals surface area (Å²) in [5, 5.41) is 1.38. The van der Waals surface area contributed by atoms with E-state index in [1.165, 1.54) is 48.1 Å². The molecule has 17 heavy (non-hydrogen) atoms. The zero-order valence-electron chi connectivity index (χ0n) is 10.7. The van der Waals surface area contributed by atoms with Crippen molar-refractivity contribution in [2.45, 2.75) is 26.3 Å². The molecule has 2 heteroatoms. The van der Waals surface area contributed by atoms with Crippen molar-refractivity contribution in [1.82, 2.24) is 9.47 Å². The molecule has 1 aromatic heterocycles. The smallest absolute Gasteiger partial charge is 0.0480 e. The number of hydrogen-bond donors (Lipinski definition) is 0. The fraction of sp³-hybridized carbons (Fsp3) is 0.467. The fourth-order valence-electron chi connectivity index (χ4n) is 2.85. The number of likely N-dealkylation sites (tertiary alicyclic amines) is 1. The van der Waals surface area contributed by atoms with Crippen LogP contribution in [0.4, 0.5) is 0 Å². The molecular formula is C15H20N2. The van der Waals surface area contributed by atoms with Crippen molar-refractivity contribution < 1.29 is 0 Å². The van der Waals surface area contributed by atoms with Gasteiger partial charge in [0.05, 0.1) is 0 Å². The Morgan fingerprint density at radius 3 is 2.65 bits per heavy atom. The summed E-state index contributed by atoms with van der Waals surface area (Å²) in [7, 11) is 2.18. The SMILES string of the molecule is Cc1ccc2c(c1)cc(CN1CCCC1)n2C. The van der Waals surface area contributed by atoms with Gasteiger partial charge in [0.15, 0.2) is 0 Å². The third-order valence-electron chi connectivity index (χ3n) is 3.88. The third kappa shape index (κ3) is 1.98. The lowest BCUT2D eigenvalue weighted by molar-refractivity contribution is 0.324. The second-order valence-corrected chi connectivity index (χ2v) is 5.24. The standard InChI is InChI=1S/C15H20N2/c1-12-5-6-15-13(9-12)10-14(16(15)2)11-17-7-3-4-8-17/h5-6,9-10H,3-4,7-8,11H2,1-2H3. The van der Waals surface area contributed by atoms with Gasteiger partial charge in [0.25, 0.3) is 0 Å². The molecule has 3 rings (SSSR count). The van der Waals surface area contributed by atoms with Crippen molar-refractivity contribution in [3.05, 3.63) is 35.5 Å². The maximum absolute atomic E-state index is 2.56. The molecule has 1 aliphatic heterocycles. The number of aryl methyl sites for hydroxylation is 2. The average Bonchev–Trinajstić information content (AvgIpc) is 2.89. The first kappa shape index (κ1) is 10.8. The van der Waals surface area contributed by atoms with Crippen LogP contribution in [0.5, 0.6) is 0 Å². The zero-order chi connectivity index (χ0) is 11.8. The van der Waals surface area contributed by atoms with Gasteiger partial charge in [-0.1, -0.05) is 11.6 Å². The summed E-state index contributed by atoms with van der Waals surface area (Å²) >= 11 is 0. The molecule has 1 aromatic carbocycles. The van der Waals surface area contributed by atoms with E-state index in [4.69, 9.17) is 0 Å². The van der Waals surface area contributed by atoms with Crippen molar-refractivity contribution in [2.24, 2.45) is 7.05 Å². The minimum absolute atomic E-state index is 1.10. The number of benzene rings is 1. The molecule has 2 aromatic rings. The van der Waals surface area contributed by atoms with Crippen LogP contribution in [-0.4, -0.2) is 22.6 Å². The van der Waals surface area contributed by atoms with Crippen molar-refractivity contribution in [2.75, 3.05) is 13.1 Å². The van der Waals surface area contributed by atoms with Crippen molar-refractivity contribution in [1.29, 1.82) is 0 Å². The van der Waals surface area contributed by atoms with E-state index in [2.05, 4.69) is 47.7 Å². The number of nitrogens with zero attached hydrogens (tertiary/aromatic N) is 2. The highest BCUT2D eigenvalue weighted by Gasteiger charge is 2.14. The van der Waals surface area contributed by atoms with E-state index in [-0.39, 0.29) is 0 Å². The van der Waals surface area contributed by atoms with Crippen LogP contribution in [0.3, 0.4) is 0 Å². The molecule has 90 valence electrons. The van der Waals surface area contributed by atoms with Gasteiger partial charge in [0.2, 0.25) is 0 Å². The van der Waals surface area contributed by atoms with E-state index < -0.39 is 0 Å². The lowest BCUT2D eigenvalue weighted by Crippen LogP contribution is -2.19. The van der Waals surface area contributed by atoms with Gasteiger partial charge in [-0.3, -0.25) is 4.90 Å².